The molecule has 1 amide bonds. The predicted molar refractivity (Wildman–Crippen MR) is 104 cm³/mol. The highest BCUT2D eigenvalue weighted by Gasteiger charge is 2.40. The second kappa shape index (κ2) is 8.45. The highest BCUT2D eigenvalue weighted by Crippen LogP contribution is 2.37. The average Bonchev–Trinajstić information content (AvgIpc) is 2.69. The third-order valence-electron chi connectivity index (χ3n) is 5.44. The van der Waals surface area contributed by atoms with Gasteiger partial charge in [-0.3, -0.25) is 9.78 Å². The summed E-state index contributed by atoms with van der Waals surface area (Å²) >= 11 is 0. The molecule has 0 aliphatic carbocycles. The topological polar surface area (TPSA) is 51.2 Å². The van der Waals surface area contributed by atoms with Gasteiger partial charge in [-0.05, 0) is 49.8 Å². The zero-order valence-electron chi connectivity index (χ0n) is 15.7. The number of nitrogens with one attached hydrogen (secondary N) is 1. The predicted octanol–water partition coefficient (Wildman–Crippen LogP) is 4.00. The van der Waals surface area contributed by atoms with Gasteiger partial charge in [-0.1, -0.05) is 37.3 Å². The molecule has 2 heterocycles. The number of benzene rings is 1. The summed E-state index contributed by atoms with van der Waals surface area (Å²) in [7, 11) is 0. The third-order valence-corrected chi connectivity index (χ3v) is 5.44. The van der Waals surface area contributed by atoms with E-state index in [0.717, 1.165) is 36.8 Å². The number of nitrogens with zero attached hydrogens (tertiary/aromatic N) is 1. The fourth-order valence-corrected chi connectivity index (χ4v) is 3.57. The Labute approximate surface area is 156 Å². The lowest BCUT2D eigenvalue weighted by atomic mass is 9.73. The summed E-state index contributed by atoms with van der Waals surface area (Å²) < 4.78 is 5.57. The van der Waals surface area contributed by atoms with E-state index < -0.39 is 5.41 Å². The lowest BCUT2D eigenvalue weighted by Crippen LogP contribution is -2.48. The number of hydrogen-bond acceptors (Lipinski definition) is 3. The molecule has 138 valence electrons. The van der Waals surface area contributed by atoms with Crippen molar-refractivity contribution in [3.63, 3.8) is 0 Å². The molecule has 1 aliphatic rings. The van der Waals surface area contributed by atoms with E-state index in [1.165, 1.54) is 5.56 Å². The van der Waals surface area contributed by atoms with Crippen LogP contribution in [0.1, 0.15) is 38.7 Å². The van der Waals surface area contributed by atoms with Gasteiger partial charge in [0.15, 0.2) is 0 Å². The molecular weight excluding hydrogens is 324 g/mol. The van der Waals surface area contributed by atoms with Crippen LogP contribution in [-0.4, -0.2) is 30.1 Å². The first-order chi connectivity index (χ1) is 12.6. The normalized spacial score (nSPS) is 17.5. The Bertz CT molecular complexity index is 724. The van der Waals surface area contributed by atoms with E-state index in [0.29, 0.717) is 13.2 Å². The lowest BCUT2D eigenvalue weighted by molar-refractivity contribution is -0.137. The SMILES string of the molecule is CCC(C)NC(=O)C1(Cc2ccccc2-c2cccnc2)CCOCC1. The van der Waals surface area contributed by atoms with Crippen LogP contribution in [0.4, 0.5) is 0 Å². The molecule has 4 heteroatoms. The Morgan fingerprint density at radius 3 is 2.69 bits per heavy atom. The van der Waals surface area contributed by atoms with E-state index in [2.05, 4.69) is 48.4 Å². The van der Waals surface area contributed by atoms with Crippen LogP contribution in [0.2, 0.25) is 0 Å². The summed E-state index contributed by atoms with van der Waals surface area (Å²) in [5.41, 5.74) is 3.04. The molecule has 1 N–H and O–H groups in total. The second-order valence-corrected chi connectivity index (χ2v) is 7.25. The van der Waals surface area contributed by atoms with E-state index in [1.807, 2.05) is 18.3 Å². The Balaban J connectivity index is 1.92. The molecule has 0 radical (unpaired) electrons. The Morgan fingerprint density at radius 2 is 2.00 bits per heavy atom. The number of carbonyl (C=O) groups excluding carboxylic acids is 1. The van der Waals surface area contributed by atoms with Gasteiger partial charge in [0.05, 0.1) is 5.41 Å². The van der Waals surface area contributed by atoms with Crippen molar-refractivity contribution in [2.75, 3.05) is 13.2 Å². The van der Waals surface area contributed by atoms with Gasteiger partial charge < -0.3 is 10.1 Å². The molecule has 4 nitrogen and oxygen atoms in total. The van der Waals surface area contributed by atoms with Gasteiger partial charge in [0.25, 0.3) is 0 Å². The molecule has 1 aliphatic heterocycles. The number of ether oxygens (including phenoxy) is 1. The lowest BCUT2D eigenvalue weighted by Gasteiger charge is -2.37. The van der Waals surface area contributed by atoms with Crippen LogP contribution in [0.3, 0.4) is 0 Å². The van der Waals surface area contributed by atoms with Crippen molar-refractivity contribution in [1.82, 2.24) is 10.3 Å². The van der Waals surface area contributed by atoms with Crippen molar-refractivity contribution in [1.29, 1.82) is 0 Å². The molecule has 1 saturated heterocycles. The zero-order valence-corrected chi connectivity index (χ0v) is 15.7. The highest BCUT2D eigenvalue weighted by atomic mass is 16.5. The third kappa shape index (κ3) is 4.13. The molecule has 1 aromatic heterocycles. The molecule has 3 rings (SSSR count). The van der Waals surface area contributed by atoms with Crippen molar-refractivity contribution in [2.24, 2.45) is 5.41 Å². The number of hydrogen-bond donors (Lipinski definition) is 1. The molecular formula is C22H28N2O2. The molecule has 0 spiro atoms. The summed E-state index contributed by atoms with van der Waals surface area (Å²) in [6.45, 7) is 5.44. The van der Waals surface area contributed by atoms with Crippen LogP contribution < -0.4 is 5.32 Å². The van der Waals surface area contributed by atoms with Gasteiger partial charge in [-0.25, -0.2) is 0 Å². The second-order valence-electron chi connectivity index (χ2n) is 7.25. The molecule has 0 saturated carbocycles. The van der Waals surface area contributed by atoms with Crippen molar-refractivity contribution in [3.05, 3.63) is 54.4 Å². The number of amides is 1. The highest BCUT2D eigenvalue weighted by molar-refractivity contribution is 5.84. The smallest absolute Gasteiger partial charge is 0.226 e. The summed E-state index contributed by atoms with van der Waals surface area (Å²) in [6.07, 6.45) is 6.85. The van der Waals surface area contributed by atoms with E-state index in [9.17, 15) is 4.79 Å². The summed E-state index contributed by atoms with van der Waals surface area (Å²) in [5, 5.41) is 3.21. The largest absolute Gasteiger partial charge is 0.381 e. The summed E-state index contributed by atoms with van der Waals surface area (Å²) in [6, 6.07) is 12.6. The Hall–Kier alpha value is -2.20. The maximum Gasteiger partial charge on any atom is 0.226 e. The maximum absolute atomic E-state index is 13.2. The summed E-state index contributed by atoms with van der Waals surface area (Å²) in [4.78, 5) is 17.4. The van der Waals surface area contributed by atoms with Crippen molar-refractivity contribution in [3.8, 4) is 11.1 Å². The fourth-order valence-electron chi connectivity index (χ4n) is 3.57. The van der Waals surface area contributed by atoms with E-state index in [-0.39, 0.29) is 11.9 Å². The van der Waals surface area contributed by atoms with Crippen molar-refractivity contribution < 1.29 is 9.53 Å². The minimum absolute atomic E-state index is 0.163. The van der Waals surface area contributed by atoms with Gasteiger partial charge in [-0.15, -0.1) is 0 Å². The van der Waals surface area contributed by atoms with Crippen LogP contribution in [0, 0.1) is 5.41 Å². The van der Waals surface area contributed by atoms with E-state index in [1.54, 1.807) is 6.20 Å². The average molecular weight is 352 g/mol. The van der Waals surface area contributed by atoms with Gasteiger partial charge >= 0.3 is 0 Å². The number of carbonyl (C=O) groups is 1. The molecule has 1 aromatic carbocycles. The van der Waals surface area contributed by atoms with E-state index >= 15 is 0 Å². The van der Waals surface area contributed by atoms with Gasteiger partial charge in [0, 0.05) is 37.2 Å². The van der Waals surface area contributed by atoms with Gasteiger partial charge in [0.2, 0.25) is 5.91 Å². The minimum atomic E-state index is -0.403. The van der Waals surface area contributed by atoms with Crippen LogP contribution in [0.15, 0.2) is 48.8 Å². The Morgan fingerprint density at radius 1 is 1.23 bits per heavy atom. The minimum Gasteiger partial charge on any atom is -0.381 e. The summed E-state index contributed by atoms with van der Waals surface area (Å²) in [5.74, 6) is 0.163. The number of pyridine rings is 1. The van der Waals surface area contributed by atoms with Crippen LogP contribution in [0.25, 0.3) is 11.1 Å². The molecule has 0 bridgehead atoms. The van der Waals surface area contributed by atoms with Crippen molar-refractivity contribution in [2.45, 2.75) is 45.6 Å². The molecule has 26 heavy (non-hydrogen) atoms. The van der Waals surface area contributed by atoms with Gasteiger partial charge in [0.1, 0.15) is 0 Å². The molecule has 1 atom stereocenters. The quantitative estimate of drug-likeness (QED) is 0.855. The fraction of sp³-hybridized carbons (Fsp3) is 0.455. The monoisotopic (exact) mass is 352 g/mol. The number of aromatic nitrogens is 1. The first kappa shape index (κ1) is 18.6. The first-order valence-corrected chi connectivity index (χ1v) is 9.51. The molecule has 2 aromatic rings. The van der Waals surface area contributed by atoms with E-state index in [4.69, 9.17) is 4.74 Å². The van der Waals surface area contributed by atoms with Gasteiger partial charge in [-0.2, -0.15) is 0 Å². The van der Waals surface area contributed by atoms with Crippen molar-refractivity contribution >= 4 is 5.91 Å². The zero-order chi connectivity index (χ0) is 18.4. The first-order valence-electron chi connectivity index (χ1n) is 9.51. The molecule has 1 unspecified atom stereocenters. The maximum atomic E-state index is 13.2. The van der Waals surface area contributed by atoms with Crippen LogP contribution in [-0.2, 0) is 16.0 Å². The Kier molecular flexibility index (Phi) is 6.04. The standard InChI is InChI=1S/C22H28N2O2/c1-3-17(2)24-21(25)22(10-13-26-14-11-22)15-18-7-4-5-9-20(18)19-8-6-12-23-16-19/h4-9,12,16-17H,3,10-11,13-15H2,1-2H3,(H,24,25). The molecule has 1 fully saturated rings. The van der Waals surface area contributed by atoms with Crippen LogP contribution >= 0.6 is 0 Å². The van der Waals surface area contributed by atoms with Crippen LogP contribution in [0.5, 0.6) is 0 Å². The number of rotatable bonds is 6.